The van der Waals surface area contributed by atoms with E-state index in [0.717, 1.165) is 16.8 Å². The van der Waals surface area contributed by atoms with Crippen LogP contribution in [-0.4, -0.2) is 19.7 Å². The molecule has 0 atom stereocenters. The van der Waals surface area contributed by atoms with Gasteiger partial charge in [0.25, 0.3) is 0 Å². The molecule has 24 heavy (non-hydrogen) atoms. The summed E-state index contributed by atoms with van der Waals surface area (Å²) in [6.07, 6.45) is 0. The lowest BCUT2D eigenvalue weighted by Crippen LogP contribution is -1.98. The monoisotopic (exact) mass is 316 g/mol. The van der Waals surface area contributed by atoms with Gasteiger partial charge >= 0.3 is 0 Å². The fourth-order valence-corrected chi connectivity index (χ4v) is 2.56. The van der Waals surface area contributed by atoms with Gasteiger partial charge in [-0.15, -0.1) is 5.10 Å². The molecule has 0 aliphatic carbocycles. The topological polar surface area (TPSA) is 62.5 Å². The summed E-state index contributed by atoms with van der Waals surface area (Å²) in [5, 5.41) is 18.1. The van der Waals surface area contributed by atoms with Crippen LogP contribution in [0, 0.1) is 6.92 Å². The van der Waals surface area contributed by atoms with Gasteiger partial charge in [-0.05, 0) is 31.2 Å². The van der Waals surface area contributed by atoms with Crippen molar-refractivity contribution in [1.82, 2.24) is 14.6 Å². The molecule has 0 fully saturated rings. The first-order valence-corrected chi connectivity index (χ1v) is 7.68. The fourth-order valence-electron chi connectivity index (χ4n) is 2.56. The Morgan fingerprint density at radius 1 is 0.917 bits per heavy atom. The van der Waals surface area contributed by atoms with E-state index < -0.39 is 0 Å². The SMILES string of the molecule is Cc1ccc(-c2nc3ccc(Nc4ccccc4)nn3c2O)cc1. The summed E-state index contributed by atoms with van der Waals surface area (Å²) >= 11 is 0. The predicted molar refractivity (Wildman–Crippen MR) is 94.5 cm³/mol. The van der Waals surface area contributed by atoms with Crippen LogP contribution in [0.5, 0.6) is 5.88 Å². The molecule has 0 spiro atoms. The van der Waals surface area contributed by atoms with Crippen LogP contribution < -0.4 is 5.32 Å². The quantitative estimate of drug-likeness (QED) is 0.596. The molecule has 5 heteroatoms. The molecule has 2 N–H and O–H groups in total. The molecule has 0 radical (unpaired) electrons. The highest BCUT2D eigenvalue weighted by molar-refractivity contribution is 5.69. The Bertz CT molecular complexity index is 991. The molecule has 0 bridgehead atoms. The van der Waals surface area contributed by atoms with Crippen LogP contribution in [0.4, 0.5) is 11.5 Å². The molecule has 2 aromatic carbocycles. The lowest BCUT2D eigenvalue weighted by molar-refractivity contribution is 0.441. The highest BCUT2D eigenvalue weighted by Crippen LogP contribution is 2.29. The number of hydrogen-bond acceptors (Lipinski definition) is 4. The van der Waals surface area contributed by atoms with Gasteiger partial charge in [0.2, 0.25) is 5.88 Å². The Morgan fingerprint density at radius 2 is 1.67 bits per heavy atom. The lowest BCUT2D eigenvalue weighted by atomic mass is 10.1. The summed E-state index contributed by atoms with van der Waals surface area (Å²) in [5.41, 5.74) is 4.08. The maximum atomic E-state index is 10.5. The second kappa shape index (κ2) is 5.70. The number of aryl methyl sites for hydroxylation is 1. The van der Waals surface area contributed by atoms with Crippen LogP contribution in [0.1, 0.15) is 5.56 Å². The molecule has 2 heterocycles. The zero-order chi connectivity index (χ0) is 16.5. The molecule has 0 saturated carbocycles. The Labute approximate surface area is 139 Å². The summed E-state index contributed by atoms with van der Waals surface area (Å²) in [6.45, 7) is 2.02. The van der Waals surface area contributed by atoms with Gasteiger partial charge in [0, 0.05) is 11.3 Å². The van der Waals surface area contributed by atoms with Crippen LogP contribution >= 0.6 is 0 Å². The van der Waals surface area contributed by atoms with E-state index in [1.54, 1.807) is 0 Å². The first kappa shape index (κ1) is 14.3. The average Bonchev–Trinajstić information content (AvgIpc) is 2.93. The van der Waals surface area contributed by atoms with E-state index >= 15 is 0 Å². The molecule has 5 nitrogen and oxygen atoms in total. The van der Waals surface area contributed by atoms with Crippen LogP contribution in [0.3, 0.4) is 0 Å². The smallest absolute Gasteiger partial charge is 0.241 e. The largest absolute Gasteiger partial charge is 0.492 e. The van der Waals surface area contributed by atoms with Gasteiger partial charge in [-0.3, -0.25) is 0 Å². The van der Waals surface area contributed by atoms with Crippen LogP contribution in [0.2, 0.25) is 0 Å². The molecule has 0 unspecified atom stereocenters. The number of anilines is 2. The zero-order valence-electron chi connectivity index (χ0n) is 13.1. The number of rotatable bonds is 3. The molecule has 2 aromatic heterocycles. The van der Waals surface area contributed by atoms with E-state index in [0.29, 0.717) is 17.2 Å². The van der Waals surface area contributed by atoms with Crippen molar-refractivity contribution in [3.8, 4) is 17.1 Å². The molecular weight excluding hydrogens is 300 g/mol. The van der Waals surface area contributed by atoms with Crippen LogP contribution in [0.15, 0.2) is 66.7 Å². The molecular formula is C19H16N4O. The van der Waals surface area contributed by atoms with Crippen molar-refractivity contribution in [2.75, 3.05) is 5.32 Å². The lowest BCUT2D eigenvalue weighted by Gasteiger charge is -2.05. The van der Waals surface area contributed by atoms with Crippen molar-refractivity contribution in [3.05, 3.63) is 72.3 Å². The zero-order valence-corrected chi connectivity index (χ0v) is 13.1. The maximum absolute atomic E-state index is 10.5. The van der Waals surface area contributed by atoms with E-state index in [1.807, 2.05) is 73.7 Å². The normalized spacial score (nSPS) is 10.9. The van der Waals surface area contributed by atoms with Gasteiger partial charge < -0.3 is 10.4 Å². The number of aromatic nitrogens is 3. The highest BCUT2D eigenvalue weighted by atomic mass is 16.3. The van der Waals surface area contributed by atoms with Crippen molar-refractivity contribution < 1.29 is 5.11 Å². The van der Waals surface area contributed by atoms with E-state index in [2.05, 4.69) is 15.4 Å². The number of aromatic hydroxyl groups is 1. The van der Waals surface area contributed by atoms with Gasteiger partial charge in [-0.1, -0.05) is 48.0 Å². The van der Waals surface area contributed by atoms with Gasteiger partial charge in [-0.2, -0.15) is 4.52 Å². The van der Waals surface area contributed by atoms with E-state index in [4.69, 9.17) is 0 Å². The second-order valence-electron chi connectivity index (χ2n) is 5.63. The van der Waals surface area contributed by atoms with E-state index in [9.17, 15) is 5.11 Å². The summed E-state index contributed by atoms with van der Waals surface area (Å²) in [5.74, 6) is 0.669. The number of nitrogens with one attached hydrogen (secondary N) is 1. The molecule has 0 aliphatic rings. The maximum Gasteiger partial charge on any atom is 0.241 e. The predicted octanol–water partition coefficient (Wildman–Crippen LogP) is 4.15. The molecule has 0 saturated heterocycles. The molecule has 0 amide bonds. The molecule has 4 aromatic rings. The number of hydrogen-bond donors (Lipinski definition) is 2. The summed E-state index contributed by atoms with van der Waals surface area (Å²) in [4.78, 5) is 4.48. The van der Waals surface area contributed by atoms with Crippen molar-refractivity contribution in [3.63, 3.8) is 0 Å². The van der Waals surface area contributed by atoms with Crippen molar-refractivity contribution in [2.24, 2.45) is 0 Å². The first-order valence-electron chi connectivity index (χ1n) is 7.68. The van der Waals surface area contributed by atoms with E-state index in [-0.39, 0.29) is 5.88 Å². The van der Waals surface area contributed by atoms with Crippen molar-refractivity contribution in [1.29, 1.82) is 0 Å². The third kappa shape index (κ3) is 2.56. The third-order valence-electron chi connectivity index (χ3n) is 3.82. The number of fused-ring (bicyclic) bond motifs is 1. The van der Waals surface area contributed by atoms with Crippen LogP contribution in [0.25, 0.3) is 16.9 Å². The van der Waals surface area contributed by atoms with Gasteiger partial charge in [0.15, 0.2) is 11.5 Å². The minimum atomic E-state index is 0.0329. The van der Waals surface area contributed by atoms with E-state index in [1.165, 1.54) is 4.52 Å². The number of para-hydroxylation sites is 1. The van der Waals surface area contributed by atoms with Gasteiger partial charge in [0.1, 0.15) is 5.69 Å². The van der Waals surface area contributed by atoms with Crippen molar-refractivity contribution >= 4 is 17.2 Å². The van der Waals surface area contributed by atoms with Crippen molar-refractivity contribution in [2.45, 2.75) is 6.92 Å². The molecule has 4 rings (SSSR count). The molecule has 118 valence electrons. The number of benzene rings is 2. The Hall–Kier alpha value is -3.34. The third-order valence-corrected chi connectivity index (χ3v) is 3.82. The Morgan fingerprint density at radius 3 is 2.42 bits per heavy atom. The first-order chi connectivity index (χ1) is 11.7. The minimum absolute atomic E-state index is 0.0329. The highest BCUT2D eigenvalue weighted by Gasteiger charge is 2.14. The number of imidazole rings is 1. The summed E-state index contributed by atoms with van der Waals surface area (Å²) in [6, 6.07) is 21.3. The standard InChI is InChI=1S/C19H16N4O/c1-13-7-9-14(10-8-13)18-19(24)23-17(21-18)12-11-16(22-23)20-15-5-3-2-4-6-15/h2-12,24H,1H3,(H,20,22). The van der Waals surface area contributed by atoms with Gasteiger partial charge in [0.05, 0.1) is 0 Å². The van der Waals surface area contributed by atoms with Gasteiger partial charge in [-0.25, -0.2) is 4.98 Å². The summed E-state index contributed by atoms with van der Waals surface area (Å²) < 4.78 is 1.44. The van der Waals surface area contributed by atoms with Crippen LogP contribution in [-0.2, 0) is 0 Å². The minimum Gasteiger partial charge on any atom is -0.492 e. The Balaban J connectivity index is 1.74. The number of nitrogens with zero attached hydrogens (tertiary/aromatic N) is 3. The fraction of sp³-hybridized carbons (Fsp3) is 0.0526. The Kier molecular flexibility index (Phi) is 3.39. The summed E-state index contributed by atoms with van der Waals surface area (Å²) in [7, 11) is 0. The average molecular weight is 316 g/mol. The molecule has 0 aliphatic heterocycles. The second-order valence-corrected chi connectivity index (χ2v) is 5.63.